The lowest BCUT2D eigenvalue weighted by molar-refractivity contribution is -0.106. The van der Waals surface area contributed by atoms with Crippen LogP contribution in [0.1, 0.15) is 20.7 Å². The molecule has 9 heteroatoms. The molecule has 0 aliphatic rings. The SMILES string of the molecule is O=CCN(C(=O)c1c(Cl)cccc1Cl)c1cccc(F)c1Nc1ccc(C(=O)O)cc1. The summed E-state index contributed by atoms with van der Waals surface area (Å²) in [6, 6.07) is 14.2. The van der Waals surface area contributed by atoms with Gasteiger partial charge in [0.1, 0.15) is 12.1 Å². The Morgan fingerprint density at radius 3 is 2.19 bits per heavy atom. The van der Waals surface area contributed by atoms with Gasteiger partial charge in [0.2, 0.25) is 0 Å². The average molecular weight is 461 g/mol. The van der Waals surface area contributed by atoms with Crippen molar-refractivity contribution < 1.29 is 23.9 Å². The number of amides is 1. The van der Waals surface area contributed by atoms with E-state index in [1.807, 2.05) is 0 Å². The molecule has 0 aliphatic heterocycles. The summed E-state index contributed by atoms with van der Waals surface area (Å²) in [5, 5.41) is 12.0. The van der Waals surface area contributed by atoms with Gasteiger partial charge in [-0.1, -0.05) is 35.3 Å². The Morgan fingerprint density at radius 2 is 1.61 bits per heavy atom. The van der Waals surface area contributed by atoms with Gasteiger partial charge in [-0.3, -0.25) is 9.69 Å². The van der Waals surface area contributed by atoms with Crippen LogP contribution in [0.4, 0.5) is 21.5 Å². The number of anilines is 3. The van der Waals surface area contributed by atoms with Crippen LogP contribution in [0.15, 0.2) is 60.7 Å². The van der Waals surface area contributed by atoms with Crippen molar-refractivity contribution in [2.24, 2.45) is 0 Å². The minimum Gasteiger partial charge on any atom is -0.478 e. The normalized spacial score (nSPS) is 10.4. The van der Waals surface area contributed by atoms with Crippen molar-refractivity contribution in [3.05, 3.63) is 87.7 Å². The summed E-state index contributed by atoms with van der Waals surface area (Å²) in [7, 11) is 0. The second-order valence-corrected chi connectivity index (χ2v) is 7.13. The molecular weight excluding hydrogens is 446 g/mol. The van der Waals surface area contributed by atoms with Gasteiger partial charge in [-0.05, 0) is 48.5 Å². The number of nitrogens with one attached hydrogen (secondary N) is 1. The number of benzene rings is 3. The first-order valence-corrected chi connectivity index (χ1v) is 9.67. The van der Waals surface area contributed by atoms with E-state index >= 15 is 0 Å². The van der Waals surface area contributed by atoms with Gasteiger partial charge >= 0.3 is 5.97 Å². The molecule has 3 aromatic rings. The molecule has 0 bridgehead atoms. The van der Waals surface area contributed by atoms with Gasteiger partial charge in [0.15, 0.2) is 0 Å². The molecule has 0 aliphatic carbocycles. The fourth-order valence-electron chi connectivity index (χ4n) is 2.90. The number of para-hydroxylation sites is 1. The number of halogens is 3. The van der Waals surface area contributed by atoms with E-state index in [-0.39, 0.29) is 39.1 Å². The number of carbonyl (C=O) groups is 3. The maximum Gasteiger partial charge on any atom is 0.335 e. The van der Waals surface area contributed by atoms with Crippen LogP contribution in [0.3, 0.4) is 0 Å². The quantitative estimate of drug-likeness (QED) is 0.459. The van der Waals surface area contributed by atoms with E-state index in [1.165, 1.54) is 54.6 Å². The number of rotatable bonds is 7. The van der Waals surface area contributed by atoms with Crippen LogP contribution in [0.5, 0.6) is 0 Å². The summed E-state index contributed by atoms with van der Waals surface area (Å²) in [6.07, 6.45) is 0.499. The van der Waals surface area contributed by atoms with Crippen LogP contribution in [0, 0.1) is 5.82 Å². The molecule has 0 saturated carbocycles. The molecule has 3 aromatic carbocycles. The predicted octanol–water partition coefficient (Wildman–Crippen LogP) is 5.42. The Hall–Kier alpha value is -3.42. The lowest BCUT2D eigenvalue weighted by atomic mass is 10.1. The Labute approximate surface area is 186 Å². The predicted molar refractivity (Wildman–Crippen MR) is 117 cm³/mol. The molecule has 0 aromatic heterocycles. The van der Waals surface area contributed by atoms with Crippen LogP contribution in [0.25, 0.3) is 0 Å². The van der Waals surface area contributed by atoms with Crippen molar-refractivity contribution in [2.45, 2.75) is 0 Å². The molecule has 0 unspecified atom stereocenters. The number of hydrogen-bond donors (Lipinski definition) is 2. The summed E-state index contributed by atoms with van der Waals surface area (Å²) < 4.78 is 14.7. The largest absolute Gasteiger partial charge is 0.478 e. The lowest BCUT2D eigenvalue weighted by Crippen LogP contribution is -2.33. The highest BCUT2D eigenvalue weighted by Gasteiger charge is 2.25. The molecule has 1 amide bonds. The first-order valence-electron chi connectivity index (χ1n) is 8.92. The number of aromatic carboxylic acids is 1. The minimum atomic E-state index is -1.10. The maximum absolute atomic E-state index is 14.7. The Bertz CT molecular complexity index is 1130. The van der Waals surface area contributed by atoms with Crippen molar-refractivity contribution in [3.8, 4) is 0 Å². The molecule has 0 spiro atoms. The fourth-order valence-corrected chi connectivity index (χ4v) is 3.46. The minimum absolute atomic E-state index is 0.0197. The smallest absolute Gasteiger partial charge is 0.335 e. The second-order valence-electron chi connectivity index (χ2n) is 6.32. The van der Waals surface area contributed by atoms with Gasteiger partial charge in [-0.2, -0.15) is 0 Å². The first kappa shape index (κ1) is 22.3. The summed E-state index contributed by atoms with van der Waals surface area (Å²) in [6.45, 7) is -0.379. The van der Waals surface area contributed by atoms with Crippen LogP contribution in [-0.4, -0.2) is 29.8 Å². The van der Waals surface area contributed by atoms with Crippen LogP contribution in [0.2, 0.25) is 10.0 Å². The fraction of sp³-hybridized carbons (Fsp3) is 0.0455. The number of carboxylic acid groups (broad SMARTS) is 1. The van der Waals surface area contributed by atoms with Gasteiger partial charge in [-0.15, -0.1) is 0 Å². The zero-order valence-corrected chi connectivity index (χ0v) is 17.3. The third-order valence-corrected chi connectivity index (χ3v) is 4.99. The molecule has 2 N–H and O–H groups in total. The highest BCUT2D eigenvalue weighted by Crippen LogP contribution is 2.34. The molecule has 0 heterocycles. The van der Waals surface area contributed by atoms with Gasteiger partial charge in [-0.25, -0.2) is 9.18 Å². The van der Waals surface area contributed by atoms with Gasteiger partial charge in [0.05, 0.1) is 39.1 Å². The Kier molecular flexibility index (Phi) is 6.89. The third-order valence-electron chi connectivity index (χ3n) is 4.36. The summed E-state index contributed by atoms with van der Waals surface area (Å²) in [5.74, 6) is -2.47. The molecule has 3 rings (SSSR count). The topological polar surface area (TPSA) is 86.7 Å². The van der Waals surface area contributed by atoms with E-state index in [0.717, 1.165) is 4.90 Å². The number of carbonyl (C=O) groups excluding carboxylic acids is 2. The van der Waals surface area contributed by atoms with E-state index in [9.17, 15) is 18.8 Å². The van der Waals surface area contributed by atoms with Crippen molar-refractivity contribution in [3.63, 3.8) is 0 Å². The molecule has 0 fully saturated rings. The molecule has 0 atom stereocenters. The zero-order chi connectivity index (χ0) is 22.5. The Balaban J connectivity index is 2.05. The van der Waals surface area contributed by atoms with E-state index < -0.39 is 17.7 Å². The second kappa shape index (κ2) is 9.59. The molecule has 31 heavy (non-hydrogen) atoms. The summed E-state index contributed by atoms with van der Waals surface area (Å²) >= 11 is 12.3. The number of carboxylic acids is 1. The average Bonchev–Trinajstić information content (AvgIpc) is 2.74. The van der Waals surface area contributed by atoms with Crippen LogP contribution < -0.4 is 10.2 Å². The summed E-state index contributed by atoms with van der Waals surface area (Å²) in [4.78, 5) is 36.6. The van der Waals surface area contributed by atoms with E-state index in [1.54, 1.807) is 6.07 Å². The van der Waals surface area contributed by atoms with Gasteiger partial charge in [0, 0.05) is 5.69 Å². The van der Waals surface area contributed by atoms with Gasteiger partial charge < -0.3 is 15.2 Å². The monoisotopic (exact) mass is 460 g/mol. The molecule has 6 nitrogen and oxygen atoms in total. The van der Waals surface area contributed by atoms with Crippen LogP contribution >= 0.6 is 23.2 Å². The van der Waals surface area contributed by atoms with E-state index in [2.05, 4.69) is 5.32 Å². The number of aldehydes is 1. The molecule has 0 saturated heterocycles. The van der Waals surface area contributed by atoms with E-state index in [0.29, 0.717) is 12.0 Å². The molecule has 0 radical (unpaired) electrons. The molecule has 158 valence electrons. The highest BCUT2D eigenvalue weighted by atomic mass is 35.5. The highest BCUT2D eigenvalue weighted by molar-refractivity contribution is 6.40. The van der Waals surface area contributed by atoms with Crippen molar-refractivity contribution in [1.82, 2.24) is 0 Å². The van der Waals surface area contributed by atoms with Crippen LogP contribution in [-0.2, 0) is 4.79 Å². The molecular formula is C22H15Cl2FN2O4. The zero-order valence-electron chi connectivity index (χ0n) is 15.8. The Morgan fingerprint density at radius 1 is 1.00 bits per heavy atom. The van der Waals surface area contributed by atoms with Crippen molar-refractivity contribution >= 4 is 58.4 Å². The first-order chi connectivity index (χ1) is 14.8. The van der Waals surface area contributed by atoms with E-state index in [4.69, 9.17) is 28.3 Å². The maximum atomic E-state index is 14.7. The number of nitrogens with zero attached hydrogens (tertiary/aromatic N) is 1. The van der Waals surface area contributed by atoms with Crippen molar-refractivity contribution in [1.29, 1.82) is 0 Å². The standard InChI is InChI=1S/C22H15Cl2FN2O4/c23-15-3-1-4-16(24)19(15)21(29)27(11-12-28)18-6-2-5-17(25)20(18)26-14-9-7-13(8-10-14)22(30)31/h1-10,12,26H,11H2,(H,30,31). The van der Waals surface area contributed by atoms with Gasteiger partial charge in [0.25, 0.3) is 5.91 Å². The summed E-state index contributed by atoms with van der Waals surface area (Å²) in [5.41, 5.74) is 0.420. The lowest BCUT2D eigenvalue weighted by Gasteiger charge is -2.25. The number of hydrogen-bond acceptors (Lipinski definition) is 4. The van der Waals surface area contributed by atoms with Crippen molar-refractivity contribution in [2.75, 3.05) is 16.8 Å². The third kappa shape index (κ3) is 4.84.